The number of amides is 1. The van der Waals surface area contributed by atoms with Crippen LogP contribution in [0, 0.1) is 0 Å². The predicted molar refractivity (Wildman–Crippen MR) is 96.6 cm³/mol. The molecule has 0 saturated carbocycles. The first-order valence-electron chi connectivity index (χ1n) is 8.35. The number of hydrogen-bond acceptors (Lipinski definition) is 5. The Morgan fingerprint density at radius 3 is 2.52 bits per heavy atom. The van der Waals surface area contributed by atoms with Gasteiger partial charge in [-0.1, -0.05) is 29.4 Å². The Morgan fingerprint density at radius 2 is 1.96 bits per heavy atom. The smallest absolute Gasteiger partial charge is 0.410 e. The van der Waals surface area contributed by atoms with Crippen LogP contribution in [-0.4, -0.2) is 42.0 Å². The second kappa shape index (κ2) is 9.06. The van der Waals surface area contributed by atoms with Crippen molar-refractivity contribution in [3.8, 4) is 0 Å². The molecule has 7 heteroatoms. The Balaban J connectivity index is 1.97. The minimum absolute atomic E-state index is 0.149. The van der Waals surface area contributed by atoms with E-state index in [1.165, 1.54) is 6.21 Å². The van der Waals surface area contributed by atoms with Crippen LogP contribution in [0.15, 0.2) is 29.4 Å². The van der Waals surface area contributed by atoms with E-state index in [9.17, 15) is 4.79 Å². The molecule has 0 N–H and O–H groups in total. The molecule has 1 aliphatic rings. The lowest BCUT2D eigenvalue weighted by Crippen LogP contribution is -2.53. The molecular formula is C18H25ClN2O4. The SMILES string of the molecule is CC(C)(C)N(C(=O)OCc1ccc(/C=N\OCl)cc1)C1CCOCC1. The van der Waals surface area contributed by atoms with E-state index in [1.807, 2.05) is 49.9 Å². The van der Waals surface area contributed by atoms with Crippen LogP contribution >= 0.6 is 11.9 Å². The van der Waals surface area contributed by atoms with Gasteiger partial charge < -0.3 is 14.4 Å². The molecule has 1 fully saturated rings. The summed E-state index contributed by atoms with van der Waals surface area (Å²) in [7, 11) is 0. The number of carbonyl (C=O) groups is 1. The third-order valence-corrected chi connectivity index (χ3v) is 4.14. The summed E-state index contributed by atoms with van der Waals surface area (Å²) >= 11 is 5.03. The zero-order chi connectivity index (χ0) is 18.3. The van der Waals surface area contributed by atoms with Gasteiger partial charge in [0, 0.05) is 24.8 Å². The quantitative estimate of drug-likeness (QED) is 0.579. The fraction of sp³-hybridized carbons (Fsp3) is 0.556. The largest absolute Gasteiger partial charge is 0.445 e. The number of halogens is 1. The fourth-order valence-electron chi connectivity index (χ4n) is 2.91. The van der Waals surface area contributed by atoms with Gasteiger partial charge in [-0.2, -0.15) is 0 Å². The average Bonchev–Trinajstić information content (AvgIpc) is 2.59. The summed E-state index contributed by atoms with van der Waals surface area (Å²) in [6.07, 6.45) is 2.88. The first-order valence-corrected chi connectivity index (χ1v) is 8.66. The summed E-state index contributed by atoms with van der Waals surface area (Å²) in [4.78, 5) is 14.5. The predicted octanol–water partition coefficient (Wildman–Crippen LogP) is 4.11. The molecule has 0 aliphatic carbocycles. The molecule has 1 heterocycles. The molecule has 2 rings (SSSR count). The third-order valence-electron chi connectivity index (χ3n) is 4.06. The summed E-state index contributed by atoms with van der Waals surface area (Å²) in [5.41, 5.74) is 1.44. The van der Waals surface area contributed by atoms with Crippen LogP contribution in [0.2, 0.25) is 0 Å². The van der Waals surface area contributed by atoms with Crippen LogP contribution in [0.5, 0.6) is 0 Å². The van der Waals surface area contributed by atoms with Gasteiger partial charge in [-0.15, -0.1) is 0 Å². The van der Waals surface area contributed by atoms with Crippen molar-refractivity contribution in [3.05, 3.63) is 35.4 Å². The van der Waals surface area contributed by atoms with E-state index in [0.717, 1.165) is 24.0 Å². The summed E-state index contributed by atoms with van der Waals surface area (Å²) in [5, 5.41) is 3.49. The molecular weight excluding hydrogens is 344 g/mol. The summed E-state index contributed by atoms with van der Waals surface area (Å²) < 4.78 is 15.1. The highest BCUT2D eigenvalue weighted by atomic mass is 35.5. The Morgan fingerprint density at radius 1 is 1.32 bits per heavy atom. The summed E-state index contributed by atoms with van der Waals surface area (Å²) in [6.45, 7) is 7.65. The van der Waals surface area contributed by atoms with Crippen molar-refractivity contribution in [3.63, 3.8) is 0 Å². The summed E-state index contributed by atoms with van der Waals surface area (Å²) in [6, 6.07) is 7.60. The first kappa shape index (κ1) is 19.5. The molecule has 0 spiro atoms. The number of hydrogen-bond donors (Lipinski definition) is 0. The molecule has 1 aromatic carbocycles. The highest BCUT2D eigenvalue weighted by Gasteiger charge is 2.35. The van der Waals surface area contributed by atoms with Crippen LogP contribution < -0.4 is 0 Å². The number of carbonyl (C=O) groups excluding carboxylic acids is 1. The molecule has 0 bridgehead atoms. The van der Waals surface area contributed by atoms with E-state index in [0.29, 0.717) is 13.2 Å². The molecule has 1 saturated heterocycles. The van der Waals surface area contributed by atoms with Gasteiger partial charge in [-0.25, -0.2) is 4.79 Å². The minimum Gasteiger partial charge on any atom is -0.445 e. The van der Waals surface area contributed by atoms with Gasteiger partial charge in [0.15, 0.2) is 11.9 Å². The van der Waals surface area contributed by atoms with Crippen molar-refractivity contribution in [1.82, 2.24) is 4.90 Å². The number of oxime groups is 1. The molecule has 1 amide bonds. The van der Waals surface area contributed by atoms with E-state index in [2.05, 4.69) is 9.55 Å². The van der Waals surface area contributed by atoms with Gasteiger partial charge in [0.25, 0.3) is 0 Å². The Hall–Kier alpha value is -1.79. The van der Waals surface area contributed by atoms with Crippen molar-refractivity contribution in [2.45, 2.75) is 51.8 Å². The molecule has 0 unspecified atom stereocenters. The van der Waals surface area contributed by atoms with Gasteiger partial charge in [-0.3, -0.25) is 4.39 Å². The van der Waals surface area contributed by atoms with Crippen molar-refractivity contribution < 1.29 is 18.7 Å². The normalized spacial score (nSPS) is 16.0. The van der Waals surface area contributed by atoms with E-state index in [1.54, 1.807) is 0 Å². The highest BCUT2D eigenvalue weighted by molar-refractivity contribution is 6.07. The van der Waals surface area contributed by atoms with Crippen LogP contribution in [-0.2, 0) is 20.5 Å². The summed E-state index contributed by atoms with van der Waals surface area (Å²) in [5.74, 6) is 0. The molecule has 1 aliphatic heterocycles. The molecule has 138 valence electrons. The van der Waals surface area contributed by atoms with Crippen LogP contribution in [0.1, 0.15) is 44.7 Å². The highest BCUT2D eigenvalue weighted by Crippen LogP contribution is 2.25. The molecule has 0 aromatic heterocycles. The van der Waals surface area contributed by atoms with Crippen LogP contribution in [0.25, 0.3) is 0 Å². The molecule has 0 atom stereocenters. The van der Waals surface area contributed by atoms with Gasteiger partial charge in [-0.05, 0) is 44.7 Å². The van der Waals surface area contributed by atoms with Crippen LogP contribution in [0.3, 0.4) is 0 Å². The van der Waals surface area contributed by atoms with Crippen molar-refractivity contribution >= 4 is 24.2 Å². The van der Waals surface area contributed by atoms with Crippen molar-refractivity contribution in [2.24, 2.45) is 5.16 Å². The number of nitrogens with zero attached hydrogens (tertiary/aromatic N) is 2. The Labute approximate surface area is 153 Å². The van der Waals surface area contributed by atoms with E-state index < -0.39 is 0 Å². The van der Waals surface area contributed by atoms with Gasteiger partial charge >= 0.3 is 6.09 Å². The number of ether oxygens (including phenoxy) is 2. The maximum Gasteiger partial charge on any atom is 0.410 e. The molecule has 1 aromatic rings. The maximum absolute atomic E-state index is 12.7. The molecule has 6 nitrogen and oxygen atoms in total. The minimum atomic E-state index is -0.305. The standard InChI is InChI=1S/C18H25ClN2O4/c1-18(2,3)21(16-8-10-23-11-9-16)17(22)24-13-15-6-4-14(5-7-15)12-20-25-19/h4-7,12,16H,8-11,13H2,1-3H3/b20-12-. The number of rotatable bonds is 5. The van der Waals surface area contributed by atoms with Gasteiger partial charge in [0.05, 0.1) is 6.21 Å². The average molecular weight is 369 g/mol. The van der Waals surface area contributed by atoms with Crippen molar-refractivity contribution in [2.75, 3.05) is 13.2 Å². The van der Waals surface area contributed by atoms with E-state index >= 15 is 0 Å². The lowest BCUT2D eigenvalue weighted by Gasteiger charge is -2.42. The topological polar surface area (TPSA) is 60.4 Å². The second-order valence-corrected chi connectivity index (χ2v) is 7.12. The molecule has 25 heavy (non-hydrogen) atoms. The number of benzene rings is 1. The van der Waals surface area contributed by atoms with E-state index in [-0.39, 0.29) is 24.3 Å². The zero-order valence-corrected chi connectivity index (χ0v) is 15.7. The zero-order valence-electron chi connectivity index (χ0n) is 14.9. The van der Waals surface area contributed by atoms with Gasteiger partial charge in [0.1, 0.15) is 6.61 Å². The third kappa shape index (κ3) is 5.90. The molecule has 0 radical (unpaired) electrons. The Kier molecular flexibility index (Phi) is 7.08. The van der Waals surface area contributed by atoms with E-state index in [4.69, 9.17) is 21.3 Å². The van der Waals surface area contributed by atoms with Crippen LogP contribution in [0.4, 0.5) is 4.79 Å². The lowest BCUT2D eigenvalue weighted by atomic mass is 9.99. The monoisotopic (exact) mass is 368 g/mol. The maximum atomic E-state index is 12.7. The van der Waals surface area contributed by atoms with Crippen molar-refractivity contribution in [1.29, 1.82) is 0 Å². The first-order chi connectivity index (χ1) is 11.9. The second-order valence-electron chi connectivity index (χ2n) is 6.98. The lowest BCUT2D eigenvalue weighted by molar-refractivity contribution is -0.00669. The Bertz CT molecular complexity index is 578. The van der Waals surface area contributed by atoms with Gasteiger partial charge in [0.2, 0.25) is 0 Å². The fourth-order valence-corrected chi connectivity index (χ4v) is 2.95.